The predicted octanol–water partition coefficient (Wildman–Crippen LogP) is 2.82. The number of rotatable bonds is 4. The summed E-state index contributed by atoms with van der Waals surface area (Å²) in [6.07, 6.45) is -2.99. The van der Waals surface area contributed by atoms with Gasteiger partial charge in [0.25, 0.3) is 0 Å². The molecule has 2 heterocycles. The van der Waals surface area contributed by atoms with Gasteiger partial charge >= 0.3 is 6.18 Å². The Hall–Kier alpha value is -2.65. The fourth-order valence-electron chi connectivity index (χ4n) is 2.31. The topological polar surface area (TPSA) is 72.5 Å². The van der Waals surface area contributed by atoms with Crippen LogP contribution in [0.1, 0.15) is 5.56 Å². The van der Waals surface area contributed by atoms with Gasteiger partial charge < -0.3 is 20.1 Å². The molecule has 1 atom stereocenters. The summed E-state index contributed by atoms with van der Waals surface area (Å²) >= 11 is 0. The van der Waals surface area contributed by atoms with Crippen molar-refractivity contribution in [3.05, 3.63) is 48.2 Å². The molecule has 1 aromatic heterocycles. The average molecular weight is 367 g/mol. The van der Waals surface area contributed by atoms with Crippen molar-refractivity contribution in [2.24, 2.45) is 0 Å². The van der Waals surface area contributed by atoms with Crippen molar-refractivity contribution in [1.82, 2.24) is 10.3 Å². The molecule has 6 nitrogen and oxygen atoms in total. The lowest BCUT2D eigenvalue weighted by atomic mass is 10.2. The first-order valence-corrected chi connectivity index (χ1v) is 7.85. The van der Waals surface area contributed by atoms with E-state index in [9.17, 15) is 18.0 Å². The van der Waals surface area contributed by atoms with E-state index in [1.54, 1.807) is 6.07 Å². The molecule has 1 aromatic carbocycles. The number of benzene rings is 1. The summed E-state index contributed by atoms with van der Waals surface area (Å²) in [5.74, 6) is 0.190. The molecule has 2 aromatic rings. The smallest absolute Gasteiger partial charge is 0.416 e. The minimum atomic E-state index is -4.39. The molecule has 0 aliphatic carbocycles. The van der Waals surface area contributed by atoms with E-state index in [1.807, 2.05) is 0 Å². The number of aromatic nitrogens is 1. The second-order valence-electron chi connectivity index (χ2n) is 5.58. The zero-order valence-corrected chi connectivity index (χ0v) is 13.5. The standard InChI is InChI=1S/C17H16F3N3O3/c18-17(19,20)11-1-4-13(5-2-11)26-15-6-3-12(9-22-15)23-16(24)14-10-25-8-7-21-14/h1-6,9,14,21H,7-8,10H2,(H,23,24). The Kier molecular flexibility index (Phi) is 5.38. The summed E-state index contributed by atoms with van der Waals surface area (Å²) in [4.78, 5) is 16.1. The molecule has 1 amide bonds. The van der Waals surface area contributed by atoms with Crippen molar-refractivity contribution in [2.45, 2.75) is 12.2 Å². The molecule has 26 heavy (non-hydrogen) atoms. The summed E-state index contributed by atoms with van der Waals surface area (Å²) < 4.78 is 48.2. The molecule has 1 unspecified atom stereocenters. The minimum Gasteiger partial charge on any atom is -0.439 e. The zero-order valence-electron chi connectivity index (χ0n) is 13.5. The van der Waals surface area contributed by atoms with Crippen molar-refractivity contribution in [2.75, 3.05) is 25.1 Å². The fraction of sp³-hybridized carbons (Fsp3) is 0.294. The Bertz CT molecular complexity index is 743. The molecule has 1 fully saturated rings. The number of halogens is 3. The second kappa shape index (κ2) is 7.71. The maximum absolute atomic E-state index is 12.5. The SMILES string of the molecule is O=C(Nc1ccc(Oc2ccc(C(F)(F)F)cc2)nc1)C1COCCN1. The number of nitrogens with one attached hydrogen (secondary N) is 2. The molecule has 9 heteroatoms. The van der Waals surface area contributed by atoms with Crippen molar-refractivity contribution < 1.29 is 27.4 Å². The highest BCUT2D eigenvalue weighted by Crippen LogP contribution is 2.31. The van der Waals surface area contributed by atoms with Gasteiger partial charge in [-0.1, -0.05) is 0 Å². The third-order valence-corrected chi connectivity index (χ3v) is 3.65. The Morgan fingerprint density at radius 3 is 2.58 bits per heavy atom. The monoisotopic (exact) mass is 367 g/mol. The van der Waals surface area contributed by atoms with Crippen molar-refractivity contribution >= 4 is 11.6 Å². The van der Waals surface area contributed by atoms with E-state index in [4.69, 9.17) is 9.47 Å². The minimum absolute atomic E-state index is 0.196. The first kappa shape index (κ1) is 18.2. The average Bonchev–Trinajstić information content (AvgIpc) is 2.64. The summed E-state index contributed by atoms with van der Waals surface area (Å²) in [6, 6.07) is 6.98. The predicted molar refractivity (Wildman–Crippen MR) is 87.0 cm³/mol. The van der Waals surface area contributed by atoms with E-state index in [-0.39, 0.29) is 17.5 Å². The lowest BCUT2D eigenvalue weighted by Crippen LogP contribution is -2.48. The molecule has 0 bridgehead atoms. The lowest BCUT2D eigenvalue weighted by Gasteiger charge is -2.22. The van der Waals surface area contributed by atoms with Crippen LogP contribution in [-0.2, 0) is 15.7 Å². The van der Waals surface area contributed by atoms with Crippen LogP contribution in [-0.4, -0.2) is 36.7 Å². The molecule has 1 saturated heterocycles. The maximum Gasteiger partial charge on any atom is 0.416 e. The van der Waals surface area contributed by atoms with Crippen LogP contribution in [0.15, 0.2) is 42.6 Å². The number of ether oxygens (including phenoxy) is 2. The highest BCUT2D eigenvalue weighted by atomic mass is 19.4. The zero-order chi connectivity index (χ0) is 18.6. The van der Waals surface area contributed by atoms with Gasteiger partial charge in [-0.25, -0.2) is 4.98 Å². The molecule has 3 rings (SSSR count). The van der Waals surface area contributed by atoms with Gasteiger partial charge in [0.2, 0.25) is 11.8 Å². The molecule has 1 aliphatic rings. The maximum atomic E-state index is 12.5. The van der Waals surface area contributed by atoms with Gasteiger partial charge in [0, 0.05) is 12.6 Å². The van der Waals surface area contributed by atoms with E-state index in [0.717, 1.165) is 12.1 Å². The van der Waals surface area contributed by atoms with Gasteiger partial charge in [0.15, 0.2) is 0 Å². The van der Waals surface area contributed by atoms with E-state index >= 15 is 0 Å². The van der Waals surface area contributed by atoms with Gasteiger partial charge in [0.05, 0.1) is 30.7 Å². The molecule has 0 saturated carbocycles. The molecular weight excluding hydrogens is 351 g/mol. The third-order valence-electron chi connectivity index (χ3n) is 3.65. The quantitative estimate of drug-likeness (QED) is 0.870. The van der Waals surface area contributed by atoms with E-state index in [2.05, 4.69) is 15.6 Å². The fourth-order valence-corrected chi connectivity index (χ4v) is 2.31. The first-order chi connectivity index (χ1) is 12.4. The van der Waals surface area contributed by atoms with Crippen LogP contribution in [0.5, 0.6) is 11.6 Å². The molecule has 2 N–H and O–H groups in total. The number of pyridine rings is 1. The Morgan fingerprint density at radius 2 is 2.00 bits per heavy atom. The van der Waals surface area contributed by atoms with E-state index in [0.29, 0.717) is 25.4 Å². The van der Waals surface area contributed by atoms with Gasteiger partial charge in [-0.2, -0.15) is 13.2 Å². The van der Waals surface area contributed by atoms with Crippen LogP contribution in [0, 0.1) is 0 Å². The van der Waals surface area contributed by atoms with Crippen LogP contribution >= 0.6 is 0 Å². The molecular formula is C17H16F3N3O3. The molecule has 1 aliphatic heterocycles. The number of hydrogen-bond acceptors (Lipinski definition) is 5. The molecule has 0 radical (unpaired) electrons. The Balaban J connectivity index is 1.58. The number of amides is 1. The molecule has 138 valence electrons. The summed E-state index contributed by atoms with van der Waals surface area (Å²) in [6.45, 7) is 1.48. The van der Waals surface area contributed by atoms with Gasteiger partial charge in [0.1, 0.15) is 11.8 Å². The van der Waals surface area contributed by atoms with Crippen LogP contribution < -0.4 is 15.4 Å². The number of carbonyl (C=O) groups is 1. The van der Waals surface area contributed by atoms with Gasteiger partial charge in [-0.05, 0) is 30.3 Å². The van der Waals surface area contributed by atoms with Crippen molar-refractivity contribution in [3.8, 4) is 11.6 Å². The van der Waals surface area contributed by atoms with Crippen LogP contribution in [0.2, 0.25) is 0 Å². The largest absolute Gasteiger partial charge is 0.439 e. The van der Waals surface area contributed by atoms with Crippen molar-refractivity contribution in [3.63, 3.8) is 0 Å². The lowest BCUT2D eigenvalue weighted by molar-refractivity contribution is -0.137. The Labute approximate surface area is 147 Å². The van der Waals surface area contributed by atoms with Crippen molar-refractivity contribution in [1.29, 1.82) is 0 Å². The number of anilines is 1. The number of carbonyl (C=O) groups excluding carboxylic acids is 1. The summed E-state index contributed by atoms with van der Waals surface area (Å²) in [5.41, 5.74) is -0.279. The summed E-state index contributed by atoms with van der Waals surface area (Å²) in [7, 11) is 0. The second-order valence-corrected chi connectivity index (χ2v) is 5.58. The van der Waals surface area contributed by atoms with Gasteiger partial charge in [-0.3, -0.25) is 4.79 Å². The first-order valence-electron chi connectivity index (χ1n) is 7.85. The number of morpholine rings is 1. The number of hydrogen-bond donors (Lipinski definition) is 2. The highest BCUT2D eigenvalue weighted by Gasteiger charge is 2.30. The van der Waals surface area contributed by atoms with Gasteiger partial charge in [-0.15, -0.1) is 0 Å². The molecule has 0 spiro atoms. The van der Waals surface area contributed by atoms with E-state index in [1.165, 1.54) is 24.4 Å². The number of nitrogens with zero attached hydrogens (tertiary/aromatic N) is 1. The summed E-state index contributed by atoms with van der Waals surface area (Å²) in [5, 5.41) is 5.74. The number of alkyl halides is 3. The van der Waals surface area contributed by atoms with Crippen LogP contribution in [0.25, 0.3) is 0 Å². The van der Waals surface area contributed by atoms with E-state index < -0.39 is 17.8 Å². The van der Waals surface area contributed by atoms with Crippen LogP contribution in [0.3, 0.4) is 0 Å². The normalized spacial score (nSPS) is 17.6. The van der Waals surface area contributed by atoms with Crippen LogP contribution in [0.4, 0.5) is 18.9 Å². The highest BCUT2D eigenvalue weighted by molar-refractivity contribution is 5.94. The Morgan fingerprint density at radius 1 is 1.23 bits per heavy atom. The third kappa shape index (κ3) is 4.70.